The van der Waals surface area contributed by atoms with Gasteiger partial charge in [0.2, 0.25) is 0 Å². The van der Waals surface area contributed by atoms with Gasteiger partial charge in [0.05, 0.1) is 18.5 Å². The lowest BCUT2D eigenvalue weighted by molar-refractivity contribution is 0.101. The lowest BCUT2D eigenvalue weighted by atomic mass is 10.1. The Morgan fingerprint density at radius 1 is 0.800 bits per heavy atom. The van der Waals surface area contributed by atoms with E-state index in [-0.39, 0.29) is 17.6 Å². The van der Waals surface area contributed by atoms with Gasteiger partial charge in [0.25, 0.3) is 11.8 Å². The van der Waals surface area contributed by atoms with Gasteiger partial charge in [-0.2, -0.15) is 0 Å². The molecule has 0 aromatic heterocycles. The highest BCUT2D eigenvalue weighted by Crippen LogP contribution is 2.28. The van der Waals surface area contributed by atoms with Crippen LogP contribution in [-0.4, -0.2) is 62.2 Å². The number of likely N-dealkylation sites (N-methyl/N-ethyl adjacent to an activating group) is 1. The Bertz CT molecular complexity index is 1180. The van der Waals surface area contributed by atoms with E-state index in [1.54, 1.807) is 49.6 Å². The van der Waals surface area contributed by atoms with Crippen LogP contribution in [-0.2, 0) is 0 Å². The molecule has 0 bridgehead atoms. The maximum Gasteiger partial charge on any atom is 0.255 e. The zero-order chi connectivity index (χ0) is 24.8. The standard InChI is InChI=1S/C27H30N4O4/c1-30-14-3-15-31(17-16-30)21-8-4-19(5-9-21)27(34)29-25-18-22(32)10-13-24(25)28-26(33)20-6-11-23(35-2)12-7-20/h4-13,18,32H,3,14-17H2,1-2H3,(H,28,33)(H,29,34). The van der Waals surface area contributed by atoms with Crippen molar-refractivity contribution in [2.75, 3.05) is 55.9 Å². The molecule has 0 aliphatic carbocycles. The lowest BCUT2D eigenvalue weighted by Crippen LogP contribution is -2.28. The summed E-state index contributed by atoms with van der Waals surface area (Å²) in [6, 6.07) is 18.6. The quantitative estimate of drug-likeness (QED) is 0.467. The Morgan fingerprint density at radius 2 is 1.43 bits per heavy atom. The van der Waals surface area contributed by atoms with Crippen LogP contribution >= 0.6 is 0 Å². The van der Waals surface area contributed by atoms with Gasteiger partial charge in [0, 0.05) is 42.5 Å². The molecule has 3 aromatic carbocycles. The van der Waals surface area contributed by atoms with Crippen LogP contribution in [0, 0.1) is 0 Å². The number of nitrogens with one attached hydrogen (secondary N) is 2. The molecule has 3 N–H and O–H groups in total. The third-order valence-electron chi connectivity index (χ3n) is 6.07. The molecule has 8 heteroatoms. The van der Waals surface area contributed by atoms with Gasteiger partial charge in [0.1, 0.15) is 11.5 Å². The third-order valence-corrected chi connectivity index (χ3v) is 6.07. The highest BCUT2D eigenvalue weighted by Gasteiger charge is 2.16. The summed E-state index contributed by atoms with van der Waals surface area (Å²) in [4.78, 5) is 30.3. The Labute approximate surface area is 205 Å². The molecule has 0 atom stereocenters. The van der Waals surface area contributed by atoms with Gasteiger partial charge in [-0.15, -0.1) is 0 Å². The molecule has 2 amide bonds. The van der Waals surface area contributed by atoms with Crippen molar-refractivity contribution in [3.8, 4) is 11.5 Å². The first-order valence-corrected chi connectivity index (χ1v) is 11.6. The van der Waals surface area contributed by atoms with E-state index in [1.165, 1.54) is 12.1 Å². The zero-order valence-corrected chi connectivity index (χ0v) is 20.0. The summed E-state index contributed by atoms with van der Waals surface area (Å²) in [7, 11) is 3.69. The monoisotopic (exact) mass is 474 g/mol. The number of ether oxygens (including phenoxy) is 1. The van der Waals surface area contributed by atoms with Crippen LogP contribution < -0.4 is 20.3 Å². The number of rotatable bonds is 6. The van der Waals surface area contributed by atoms with Crippen LogP contribution in [0.2, 0.25) is 0 Å². The minimum absolute atomic E-state index is 0.0239. The fourth-order valence-corrected chi connectivity index (χ4v) is 4.00. The molecular formula is C27H30N4O4. The average molecular weight is 475 g/mol. The number of anilines is 3. The molecule has 1 aliphatic heterocycles. The van der Waals surface area contributed by atoms with Gasteiger partial charge in [0.15, 0.2) is 0 Å². The predicted molar refractivity (Wildman–Crippen MR) is 138 cm³/mol. The summed E-state index contributed by atoms with van der Waals surface area (Å²) in [5, 5.41) is 15.6. The van der Waals surface area contributed by atoms with E-state index in [0.29, 0.717) is 28.3 Å². The van der Waals surface area contributed by atoms with Crippen molar-refractivity contribution in [2.45, 2.75) is 6.42 Å². The molecular weight excluding hydrogens is 444 g/mol. The SMILES string of the molecule is COc1ccc(C(=O)Nc2ccc(O)cc2NC(=O)c2ccc(N3CCCN(C)CC3)cc2)cc1. The number of amides is 2. The van der Waals surface area contributed by atoms with Crippen LogP contribution in [0.3, 0.4) is 0 Å². The molecule has 182 valence electrons. The Kier molecular flexibility index (Phi) is 7.52. The van der Waals surface area contributed by atoms with Crippen molar-refractivity contribution in [2.24, 2.45) is 0 Å². The van der Waals surface area contributed by atoms with E-state index < -0.39 is 0 Å². The second-order valence-corrected chi connectivity index (χ2v) is 8.56. The van der Waals surface area contributed by atoms with Crippen molar-refractivity contribution in [3.63, 3.8) is 0 Å². The highest BCUT2D eigenvalue weighted by molar-refractivity contribution is 6.10. The van der Waals surface area contributed by atoms with Crippen LogP contribution in [0.4, 0.5) is 17.1 Å². The van der Waals surface area contributed by atoms with Gasteiger partial charge < -0.3 is 30.3 Å². The van der Waals surface area contributed by atoms with Crippen LogP contribution in [0.15, 0.2) is 66.7 Å². The molecule has 8 nitrogen and oxygen atoms in total. The van der Waals surface area contributed by atoms with Gasteiger partial charge in [-0.05, 0) is 80.7 Å². The number of hydrogen-bond donors (Lipinski definition) is 3. The molecule has 0 saturated carbocycles. The molecule has 1 fully saturated rings. The van der Waals surface area contributed by atoms with Crippen molar-refractivity contribution >= 4 is 28.9 Å². The number of carbonyl (C=O) groups is 2. The number of carbonyl (C=O) groups excluding carboxylic acids is 2. The largest absolute Gasteiger partial charge is 0.508 e. The van der Waals surface area contributed by atoms with Gasteiger partial charge >= 0.3 is 0 Å². The maximum atomic E-state index is 12.9. The summed E-state index contributed by atoms with van der Waals surface area (Å²) in [6.07, 6.45) is 1.10. The van der Waals surface area contributed by atoms with E-state index in [1.807, 2.05) is 12.1 Å². The van der Waals surface area contributed by atoms with Gasteiger partial charge in [-0.3, -0.25) is 9.59 Å². The van der Waals surface area contributed by atoms with Crippen molar-refractivity contribution < 1.29 is 19.4 Å². The normalized spacial score (nSPS) is 14.2. The Hall–Kier alpha value is -4.04. The van der Waals surface area contributed by atoms with Crippen molar-refractivity contribution in [1.29, 1.82) is 0 Å². The van der Waals surface area contributed by atoms with E-state index >= 15 is 0 Å². The zero-order valence-electron chi connectivity index (χ0n) is 20.0. The summed E-state index contributed by atoms with van der Waals surface area (Å²) in [6.45, 7) is 4.02. The number of methoxy groups -OCH3 is 1. The van der Waals surface area contributed by atoms with Crippen LogP contribution in [0.1, 0.15) is 27.1 Å². The highest BCUT2D eigenvalue weighted by atomic mass is 16.5. The molecule has 4 rings (SSSR count). The summed E-state index contributed by atoms with van der Waals surface area (Å²) >= 11 is 0. The topological polar surface area (TPSA) is 94.1 Å². The first-order chi connectivity index (χ1) is 16.9. The van der Waals surface area contributed by atoms with E-state index in [9.17, 15) is 14.7 Å². The fourth-order valence-electron chi connectivity index (χ4n) is 4.00. The number of benzene rings is 3. The van der Waals surface area contributed by atoms with E-state index in [2.05, 4.69) is 27.5 Å². The Balaban J connectivity index is 1.46. The first-order valence-electron chi connectivity index (χ1n) is 11.6. The first kappa shape index (κ1) is 24.1. The molecule has 0 radical (unpaired) electrons. The number of phenols is 1. The minimum atomic E-state index is -0.346. The van der Waals surface area contributed by atoms with E-state index in [4.69, 9.17) is 4.74 Å². The minimum Gasteiger partial charge on any atom is -0.508 e. The number of nitrogens with zero attached hydrogens (tertiary/aromatic N) is 2. The molecule has 0 unspecified atom stereocenters. The third kappa shape index (κ3) is 6.10. The predicted octanol–water partition coefficient (Wildman–Crippen LogP) is 4.05. The smallest absolute Gasteiger partial charge is 0.255 e. The molecule has 1 saturated heterocycles. The second kappa shape index (κ2) is 10.9. The lowest BCUT2D eigenvalue weighted by Gasteiger charge is -2.23. The van der Waals surface area contributed by atoms with Gasteiger partial charge in [-0.1, -0.05) is 0 Å². The van der Waals surface area contributed by atoms with Crippen LogP contribution in [0.5, 0.6) is 11.5 Å². The van der Waals surface area contributed by atoms with E-state index in [0.717, 1.165) is 38.3 Å². The summed E-state index contributed by atoms with van der Waals surface area (Å²) in [5.74, 6) is -0.0588. The number of aromatic hydroxyl groups is 1. The number of hydrogen-bond acceptors (Lipinski definition) is 6. The van der Waals surface area contributed by atoms with Crippen molar-refractivity contribution in [1.82, 2.24) is 4.90 Å². The van der Waals surface area contributed by atoms with Crippen LogP contribution in [0.25, 0.3) is 0 Å². The molecule has 35 heavy (non-hydrogen) atoms. The molecule has 1 aliphatic rings. The van der Waals surface area contributed by atoms with Crippen molar-refractivity contribution in [3.05, 3.63) is 77.9 Å². The molecule has 0 spiro atoms. The number of phenolic OH excluding ortho intramolecular Hbond substituents is 1. The average Bonchev–Trinajstić information content (AvgIpc) is 3.10. The summed E-state index contributed by atoms with van der Waals surface area (Å²) < 4.78 is 5.13. The molecule has 1 heterocycles. The summed E-state index contributed by atoms with van der Waals surface area (Å²) in [5.41, 5.74) is 2.68. The maximum absolute atomic E-state index is 12.9. The second-order valence-electron chi connectivity index (χ2n) is 8.56. The fraction of sp³-hybridized carbons (Fsp3) is 0.259. The Morgan fingerprint density at radius 3 is 2.09 bits per heavy atom. The molecule has 3 aromatic rings. The van der Waals surface area contributed by atoms with Gasteiger partial charge in [-0.25, -0.2) is 0 Å².